The molecule has 0 bridgehead atoms. The first-order valence-corrected chi connectivity index (χ1v) is 8.12. The van der Waals surface area contributed by atoms with Crippen LogP contribution in [0.5, 0.6) is 0 Å². The third-order valence-electron chi connectivity index (χ3n) is 2.67. The smallest absolute Gasteiger partial charge is 0.305 e. The van der Waals surface area contributed by atoms with E-state index in [1.807, 2.05) is 0 Å². The van der Waals surface area contributed by atoms with E-state index in [-0.39, 0.29) is 21.9 Å². The van der Waals surface area contributed by atoms with Gasteiger partial charge in [-0.05, 0) is 26.7 Å². The van der Waals surface area contributed by atoms with E-state index in [1.165, 1.54) is 13.8 Å². The van der Waals surface area contributed by atoms with Crippen molar-refractivity contribution in [3.8, 4) is 0 Å². The second kappa shape index (κ2) is 5.06. The van der Waals surface area contributed by atoms with Gasteiger partial charge in [0.05, 0.1) is 6.04 Å². The molecule has 1 aromatic rings. The SMILES string of the molecule is Cc1[nH]c(=O)sc1S(=O)(=O)NC(C)C(=O)NC1CC1. The molecule has 106 valence electrons. The van der Waals surface area contributed by atoms with Gasteiger partial charge < -0.3 is 10.3 Å². The summed E-state index contributed by atoms with van der Waals surface area (Å²) in [6.07, 6.45) is 1.87. The predicted octanol–water partition coefficient (Wildman–Crippen LogP) is -0.310. The highest BCUT2D eigenvalue weighted by Crippen LogP contribution is 2.19. The molecular weight excluding hydrogens is 290 g/mol. The standard InChI is InChI=1S/C10H15N3O4S2/c1-5(8(14)12-7-3-4-7)13-19(16,17)9-6(2)11-10(15)18-9/h5,7,13H,3-4H2,1-2H3,(H,11,15)(H,12,14). The highest BCUT2D eigenvalue weighted by Gasteiger charge is 2.29. The number of rotatable bonds is 5. The molecule has 7 nitrogen and oxygen atoms in total. The summed E-state index contributed by atoms with van der Waals surface area (Å²) in [5.74, 6) is -0.355. The van der Waals surface area contributed by atoms with Gasteiger partial charge >= 0.3 is 4.87 Å². The Bertz CT molecular complexity index is 642. The monoisotopic (exact) mass is 305 g/mol. The minimum absolute atomic E-state index is 0.0800. The van der Waals surface area contributed by atoms with Crippen molar-refractivity contribution in [2.24, 2.45) is 0 Å². The first kappa shape index (κ1) is 14.2. The second-order valence-corrected chi connectivity index (χ2v) is 7.45. The molecule has 0 spiro atoms. The number of thiazole rings is 1. The number of carbonyl (C=O) groups excluding carboxylic acids is 1. The average molecular weight is 305 g/mol. The van der Waals surface area contributed by atoms with Crippen molar-refractivity contribution >= 4 is 27.3 Å². The Kier molecular flexibility index (Phi) is 3.79. The molecule has 19 heavy (non-hydrogen) atoms. The van der Waals surface area contributed by atoms with Gasteiger partial charge in [0.2, 0.25) is 5.91 Å². The molecule has 2 rings (SSSR count). The highest BCUT2D eigenvalue weighted by atomic mass is 32.2. The van der Waals surface area contributed by atoms with Crippen LogP contribution in [-0.4, -0.2) is 31.4 Å². The maximum Gasteiger partial charge on any atom is 0.305 e. The molecule has 1 aromatic heterocycles. The summed E-state index contributed by atoms with van der Waals surface area (Å²) >= 11 is 0.608. The van der Waals surface area contributed by atoms with Crippen molar-refractivity contribution < 1.29 is 13.2 Å². The van der Waals surface area contributed by atoms with Crippen LogP contribution in [0.15, 0.2) is 9.00 Å². The molecule has 1 heterocycles. The molecule has 3 N–H and O–H groups in total. The third-order valence-corrected chi connectivity index (χ3v) is 5.82. The Balaban J connectivity index is 2.10. The van der Waals surface area contributed by atoms with Crippen LogP contribution in [0.25, 0.3) is 0 Å². The van der Waals surface area contributed by atoms with Crippen LogP contribution in [0.1, 0.15) is 25.5 Å². The second-order valence-electron chi connectivity index (χ2n) is 4.55. The van der Waals surface area contributed by atoms with Crippen molar-refractivity contribution in [1.29, 1.82) is 0 Å². The van der Waals surface area contributed by atoms with Crippen LogP contribution in [0.3, 0.4) is 0 Å². The van der Waals surface area contributed by atoms with Gasteiger partial charge in [0.15, 0.2) is 4.21 Å². The van der Waals surface area contributed by atoms with Crippen LogP contribution in [0.4, 0.5) is 0 Å². The van der Waals surface area contributed by atoms with Gasteiger partial charge in [0.1, 0.15) is 0 Å². The Morgan fingerprint density at radius 2 is 2.11 bits per heavy atom. The number of sulfonamides is 1. The number of hydrogen-bond donors (Lipinski definition) is 3. The summed E-state index contributed by atoms with van der Waals surface area (Å²) in [4.78, 5) is 24.8. The fourth-order valence-corrected chi connectivity index (χ4v) is 4.06. The maximum absolute atomic E-state index is 12.0. The van der Waals surface area contributed by atoms with Crippen LogP contribution < -0.4 is 14.9 Å². The molecule has 1 saturated carbocycles. The molecule has 1 aliphatic carbocycles. The molecule has 1 amide bonds. The normalized spacial score (nSPS) is 17.2. The predicted molar refractivity (Wildman–Crippen MR) is 70.6 cm³/mol. The maximum atomic E-state index is 12.0. The van der Waals surface area contributed by atoms with E-state index in [2.05, 4.69) is 15.0 Å². The molecule has 0 saturated heterocycles. The molecule has 9 heteroatoms. The van der Waals surface area contributed by atoms with Crippen molar-refractivity contribution in [3.63, 3.8) is 0 Å². The number of aromatic amines is 1. The van der Waals surface area contributed by atoms with Gasteiger partial charge in [-0.3, -0.25) is 9.59 Å². The topological polar surface area (TPSA) is 108 Å². The van der Waals surface area contributed by atoms with E-state index >= 15 is 0 Å². The number of H-pyrrole nitrogens is 1. The fourth-order valence-electron chi connectivity index (χ4n) is 1.54. The number of hydrogen-bond acceptors (Lipinski definition) is 5. The van der Waals surface area contributed by atoms with E-state index < -0.39 is 20.9 Å². The van der Waals surface area contributed by atoms with Crippen LogP contribution in [0, 0.1) is 6.92 Å². The molecule has 1 fully saturated rings. The highest BCUT2D eigenvalue weighted by molar-refractivity contribution is 7.91. The summed E-state index contributed by atoms with van der Waals surface area (Å²) in [7, 11) is -3.85. The molecule has 1 aliphatic rings. The molecular formula is C10H15N3O4S2. The Hall–Kier alpha value is -1.19. The zero-order chi connectivity index (χ0) is 14.2. The Morgan fingerprint density at radius 3 is 2.58 bits per heavy atom. The van der Waals surface area contributed by atoms with Crippen molar-refractivity contribution in [1.82, 2.24) is 15.0 Å². The Labute approximate surface area is 114 Å². The van der Waals surface area contributed by atoms with Gasteiger partial charge in [-0.1, -0.05) is 11.3 Å². The minimum atomic E-state index is -3.85. The molecule has 0 radical (unpaired) electrons. The number of amides is 1. The molecule has 0 aliphatic heterocycles. The molecule has 1 atom stereocenters. The minimum Gasteiger partial charge on any atom is -0.352 e. The van der Waals surface area contributed by atoms with Gasteiger partial charge in [-0.25, -0.2) is 8.42 Å². The van der Waals surface area contributed by atoms with Crippen LogP contribution in [-0.2, 0) is 14.8 Å². The van der Waals surface area contributed by atoms with Gasteiger partial charge in [-0.15, -0.1) is 0 Å². The van der Waals surface area contributed by atoms with E-state index in [1.54, 1.807) is 0 Å². The molecule has 1 unspecified atom stereocenters. The zero-order valence-corrected chi connectivity index (χ0v) is 12.2. The summed E-state index contributed by atoms with van der Waals surface area (Å²) in [6.45, 7) is 2.97. The lowest BCUT2D eigenvalue weighted by Crippen LogP contribution is -2.45. The molecule has 0 aromatic carbocycles. The van der Waals surface area contributed by atoms with Gasteiger partial charge in [0, 0.05) is 11.7 Å². The van der Waals surface area contributed by atoms with E-state index in [4.69, 9.17) is 0 Å². The van der Waals surface area contributed by atoms with Gasteiger partial charge in [0.25, 0.3) is 10.0 Å². The number of carbonyl (C=O) groups is 1. The number of aromatic nitrogens is 1. The lowest BCUT2D eigenvalue weighted by Gasteiger charge is -2.13. The van der Waals surface area contributed by atoms with Gasteiger partial charge in [-0.2, -0.15) is 4.72 Å². The van der Waals surface area contributed by atoms with Crippen LogP contribution >= 0.6 is 11.3 Å². The largest absolute Gasteiger partial charge is 0.352 e. The number of aryl methyl sites for hydroxylation is 1. The average Bonchev–Trinajstić information content (AvgIpc) is 3.02. The lowest BCUT2D eigenvalue weighted by molar-refractivity contribution is -0.122. The summed E-state index contributed by atoms with van der Waals surface area (Å²) in [5.41, 5.74) is 0.275. The van der Waals surface area contributed by atoms with Crippen molar-refractivity contribution in [2.45, 2.75) is 43.0 Å². The first-order chi connectivity index (χ1) is 8.79. The lowest BCUT2D eigenvalue weighted by atomic mass is 10.3. The number of nitrogens with one attached hydrogen (secondary N) is 3. The van der Waals surface area contributed by atoms with Crippen LogP contribution in [0.2, 0.25) is 0 Å². The fraction of sp³-hybridized carbons (Fsp3) is 0.600. The third kappa shape index (κ3) is 3.43. The quantitative estimate of drug-likeness (QED) is 0.693. The summed E-state index contributed by atoms with van der Waals surface area (Å²) in [6, 6.07) is -0.702. The van der Waals surface area contributed by atoms with Crippen molar-refractivity contribution in [3.05, 3.63) is 15.4 Å². The summed E-state index contributed by atoms with van der Waals surface area (Å²) in [5, 5.41) is 2.72. The van der Waals surface area contributed by atoms with E-state index in [0.717, 1.165) is 12.8 Å². The summed E-state index contributed by atoms with van der Waals surface area (Å²) < 4.78 is 26.3. The van der Waals surface area contributed by atoms with E-state index in [0.29, 0.717) is 11.3 Å². The Morgan fingerprint density at radius 1 is 1.47 bits per heavy atom. The first-order valence-electron chi connectivity index (χ1n) is 5.82. The zero-order valence-electron chi connectivity index (χ0n) is 10.5. The van der Waals surface area contributed by atoms with E-state index in [9.17, 15) is 18.0 Å². The van der Waals surface area contributed by atoms with Crippen molar-refractivity contribution in [2.75, 3.05) is 0 Å².